The zero-order valence-corrected chi connectivity index (χ0v) is 8.97. The van der Waals surface area contributed by atoms with E-state index in [1.807, 2.05) is 4.72 Å². The number of hydrogen-bond acceptors (Lipinski definition) is 3. The quantitative estimate of drug-likeness (QED) is 0.805. The van der Waals surface area contributed by atoms with Gasteiger partial charge in [-0.1, -0.05) is 23.7 Å². The molecule has 0 bridgehead atoms. The van der Waals surface area contributed by atoms with Gasteiger partial charge in [0.2, 0.25) is 0 Å². The van der Waals surface area contributed by atoms with Gasteiger partial charge < -0.3 is 0 Å². The summed E-state index contributed by atoms with van der Waals surface area (Å²) in [4.78, 5) is 10.9. The fraction of sp³-hybridized carbons (Fsp3) is 0. The number of hydrogen-bond donors (Lipinski definition) is 1. The summed E-state index contributed by atoms with van der Waals surface area (Å²) in [5, 5.41) is 0.508. The number of amides is 1. The Labute approximate surface area is 91.6 Å². The van der Waals surface area contributed by atoms with Crippen LogP contribution in [0.5, 0.6) is 0 Å². The normalized spacial score (nSPS) is 18.5. The summed E-state index contributed by atoms with van der Waals surface area (Å²) in [6.45, 7) is 0. The number of halogens is 1. The minimum absolute atomic E-state index is 0.0239. The molecule has 78 valence electrons. The fourth-order valence-corrected chi connectivity index (χ4v) is 2.53. The molecule has 1 aliphatic heterocycles. The number of carbonyl (C=O) groups excluding carboxylic acids is 1. The van der Waals surface area contributed by atoms with E-state index in [0.29, 0.717) is 10.6 Å². The van der Waals surface area contributed by atoms with E-state index >= 15 is 0 Å². The van der Waals surface area contributed by atoms with Crippen LogP contribution in [0.3, 0.4) is 0 Å². The summed E-state index contributed by atoms with van der Waals surface area (Å²) >= 11 is 5.67. The molecule has 4 nitrogen and oxygen atoms in total. The van der Waals surface area contributed by atoms with Crippen molar-refractivity contribution in [3.05, 3.63) is 40.9 Å². The molecule has 0 atom stereocenters. The minimum atomic E-state index is -3.68. The molecule has 1 aliphatic rings. The first kappa shape index (κ1) is 10.2. The lowest BCUT2D eigenvalue weighted by Gasteiger charge is -2.01. The van der Waals surface area contributed by atoms with Crippen LogP contribution in [0.4, 0.5) is 0 Å². The molecule has 0 saturated heterocycles. The molecule has 2 rings (SSSR count). The smallest absolute Gasteiger partial charge is 0.265 e. The first-order valence-corrected chi connectivity index (χ1v) is 5.89. The molecule has 6 heteroatoms. The zero-order chi connectivity index (χ0) is 11.1. The average Bonchev–Trinajstić information content (AvgIpc) is 2.41. The van der Waals surface area contributed by atoms with Crippen LogP contribution in [0.15, 0.2) is 30.3 Å². The standard InChI is InChI=1S/C9H6ClNO3S/c10-7-3-1-6(2-4-7)8-5-9(12)11-15(8,13)14/h1-5H,(H,11,12). The van der Waals surface area contributed by atoms with Crippen molar-refractivity contribution >= 4 is 32.4 Å². The molecule has 0 aromatic heterocycles. The van der Waals surface area contributed by atoms with Crippen LogP contribution in [0.1, 0.15) is 5.56 Å². The highest BCUT2D eigenvalue weighted by atomic mass is 35.5. The summed E-state index contributed by atoms with van der Waals surface area (Å²) in [6.07, 6.45) is 1.05. The van der Waals surface area contributed by atoms with Gasteiger partial charge in [0.05, 0.1) is 0 Å². The molecule has 1 aromatic rings. The molecule has 0 saturated carbocycles. The highest BCUT2D eigenvalue weighted by Crippen LogP contribution is 2.24. The Morgan fingerprint density at radius 3 is 2.20 bits per heavy atom. The van der Waals surface area contributed by atoms with Crippen molar-refractivity contribution < 1.29 is 13.2 Å². The van der Waals surface area contributed by atoms with Gasteiger partial charge in [-0.15, -0.1) is 0 Å². The Balaban J connectivity index is 2.53. The van der Waals surface area contributed by atoms with Gasteiger partial charge in [-0.2, -0.15) is 0 Å². The third-order valence-corrected chi connectivity index (χ3v) is 3.57. The van der Waals surface area contributed by atoms with Gasteiger partial charge >= 0.3 is 0 Å². The number of rotatable bonds is 1. The predicted octanol–water partition coefficient (Wildman–Crippen LogP) is 1.14. The third kappa shape index (κ3) is 1.88. The van der Waals surface area contributed by atoms with E-state index in [9.17, 15) is 13.2 Å². The monoisotopic (exact) mass is 243 g/mol. The van der Waals surface area contributed by atoms with Crippen LogP contribution in [0, 0.1) is 0 Å². The Morgan fingerprint density at radius 1 is 1.13 bits per heavy atom. The predicted molar refractivity (Wildman–Crippen MR) is 56.5 cm³/mol. The molecule has 0 unspecified atom stereocenters. The number of nitrogens with one attached hydrogen (secondary N) is 1. The second-order valence-corrected chi connectivity index (χ2v) is 5.07. The lowest BCUT2D eigenvalue weighted by Crippen LogP contribution is -2.22. The number of benzene rings is 1. The third-order valence-electron chi connectivity index (χ3n) is 1.92. The SMILES string of the molecule is O=C1C=C(c2ccc(Cl)cc2)S(=O)(=O)N1. The lowest BCUT2D eigenvalue weighted by atomic mass is 10.2. The molecule has 0 fully saturated rings. The summed E-state index contributed by atoms with van der Waals surface area (Å²) in [5.41, 5.74) is 0.442. The van der Waals surface area contributed by atoms with Gasteiger partial charge in [0, 0.05) is 11.1 Å². The van der Waals surface area contributed by atoms with Gasteiger partial charge in [0.1, 0.15) is 4.91 Å². The van der Waals surface area contributed by atoms with Crippen LogP contribution in [-0.4, -0.2) is 14.3 Å². The highest BCUT2D eigenvalue weighted by Gasteiger charge is 2.28. The van der Waals surface area contributed by atoms with Gasteiger partial charge in [0.25, 0.3) is 15.9 Å². The molecule has 15 heavy (non-hydrogen) atoms. The maximum Gasteiger partial charge on any atom is 0.265 e. The molecule has 0 radical (unpaired) electrons. The summed E-state index contributed by atoms with van der Waals surface area (Å²) in [7, 11) is -3.68. The number of sulfonamides is 1. The van der Waals surface area contributed by atoms with E-state index in [4.69, 9.17) is 11.6 Å². The first-order valence-electron chi connectivity index (χ1n) is 4.03. The molecule has 1 heterocycles. The molecule has 1 aromatic carbocycles. The second kappa shape index (κ2) is 3.36. The van der Waals surface area contributed by atoms with Crippen LogP contribution in [0.25, 0.3) is 4.91 Å². The van der Waals surface area contributed by atoms with Crippen molar-refractivity contribution in [3.8, 4) is 0 Å². The summed E-state index contributed by atoms with van der Waals surface area (Å²) < 4.78 is 24.7. The second-order valence-electron chi connectivity index (χ2n) is 2.99. The maximum atomic E-state index is 11.4. The van der Waals surface area contributed by atoms with E-state index in [-0.39, 0.29) is 4.91 Å². The van der Waals surface area contributed by atoms with Crippen molar-refractivity contribution in [1.82, 2.24) is 4.72 Å². The van der Waals surface area contributed by atoms with Crippen molar-refractivity contribution in [2.45, 2.75) is 0 Å². The summed E-state index contributed by atoms with van der Waals surface area (Å²) in [5.74, 6) is -0.625. The largest absolute Gasteiger partial charge is 0.269 e. The van der Waals surface area contributed by atoms with Crippen LogP contribution in [0.2, 0.25) is 5.02 Å². The van der Waals surface area contributed by atoms with E-state index in [1.165, 1.54) is 0 Å². The van der Waals surface area contributed by atoms with Gasteiger partial charge in [-0.05, 0) is 17.7 Å². The maximum absolute atomic E-state index is 11.4. The molecule has 1 N–H and O–H groups in total. The summed E-state index contributed by atoms with van der Waals surface area (Å²) in [6, 6.07) is 6.23. The Kier molecular flexibility index (Phi) is 2.28. The minimum Gasteiger partial charge on any atom is -0.269 e. The Hall–Kier alpha value is -1.33. The lowest BCUT2D eigenvalue weighted by molar-refractivity contribution is -0.114. The van der Waals surface area contributed by atoms with Gasteiger partial charge in [0.15, 0.2) is 0 Å². The van der Waals surface area contributed by atoms with Crippen molar-refractivity contribution in [3.63, 3.8) is 0 Å². The van der Waals surface area contributed by atoms with Crippen molar-refractivity contribution in [2.24, 2.45) is 0 Å². The van der Waals surface area contributed by atoms with Crippen molar-refractivity contribution in [2.75, 3.05) is 0 Å². The van der Waals surface area contributed by atoms with E-state index in [1.54, 1.807) is 24.3 Å². The topological polar surface area (TPSA) is 63.2 Å². The van der Waals surface area contributed by atoms with Crippen molar-refractivity contribution in [1.29, 1.82) is 0 Å². The molecule has 0 aliphatic carbocycles. The Morgan fingerprint density at radius 2 is 1.73 bits per heavy atom. The van der Waals surface area contributed by atoms with E-state index in [2.05, 4.69) is 0 Å². The molecule has 1 amide bonds. The fourth-order valence-electron chi connectivity index (χ4n) is 1.27. The van der Waals surface area contributed by atoms with E-state index in [0.717, 1.165) is 6.08 Å². The highest BCUT2D eigenvalue weighted by molar-refractivity contribution is 7.99. The van der Waals surface area contributed by atoms with Gasteiger partial charge in [-0.3, -0.25) is 4.79 Å². The van der Waals surface area contributed by atoms with Crippen LogP contribution < -0.4 is 4.72 Å². The molecular weight excluding hydrogens is 238 g/mol. The zero-order valence-electron chi connectivity index (χ0n) is 7.40. The van der Waals surface area contributed by atoms with E-state index < -0.39 is 15.9 Å². The van der Waals surface area contributed by atoms with Gasteiger partial charge in [-0.25, -0.2) is 13.1 Å². The average molecular weight is 244 g/mol. The number of carbonyl (C=O) groups is 1. The van der Waals surface area contributed by atoms with Crippen LogP contribution in [-0.2, 0) is 14.8 Å². The molecule has 0 spiro atoms. The molecular formula is C9H6ClNO3S. The first-order chi connectivity index (χ1) is 6.99. The Bertz CT molecular complexity index is 545. The van der Waals surface area contributed by atoms with Crippen LogP contribution >= 0.6 is 11.6 Å².